The number of H-pyrrole nitrogens is 1. The van der Waals surface area contributed by atoms with E-state index in [4.69, 9.17) is 23.2 Å². The molecule has 0 bridgehead atoms. The first kappa shape index (κ1) is 16.9. The normalized spacial score (nSPS) is 10.3. The Hall–Kier alpha value is -2.90. The molecule has 0 aliphatic rings. The molecule has 9 heteroatoms. The first-order valence-corrected chi connectivity index (χ1v) is 7.83. The van der Waals surface area contributed by atoms with E-state index in [1.54, 1.807) is 6.07 Å². The van der Waals surface area contributed by atoms with E-state index in [1.807, 2.05) is 30.3 Å². The Morgan fingerprint density at radius 2 is 1.72 bits per heavy atom. The Kier molecular flexibility index (Phi) is 4.97. The van der Waals surface area contributed by atoms with Crippen LogP contribution in [0.15, 0.2) is 48.7 Å². The van der Waals surface area contributed by atoms with Crippen molar-refractivity contribution in [2.45, 2.75) is 0 Å². The molecule has 3 aromatic rings. The van der Waals surface area contributed by atoms with Gasteiger partial charge >= 0.3 is 0 Å². The highest BCUT2D eigenvalue weighted by Crippen LogP contribution is 2.19. The summed E-state index contributed by atoms with van der Waals surface area (Å²) < 4.78 is 0. The lowest BCUT2D eigenvalue weighted by molar-refractivity contribution is 0.0843. The van der Waals surface area contributed by atoms with Gasteiger partial charge in [-0.25, -0.2) is 4.98 Å². The standard InChI is InChI=1S/C16H11Cl2N5O2/c17-11-6-10(8-19-14(11)18)15(24)22-23-16(25)13-7-12(20-21-13)9-4-2-1-3-5-9/h1-8H,(H,20,21)(H,22,24)(H,23,25). The van der Waals surface area contributed by atoms with Crippen LogP contribution in [0.3, 0.4) is 0 Å². The number of amides is 2. The third-order valence-corrected chi connectivity index (χ3v) is 3.93. The molecule has 126 valence electrons. The molecule has 0 aliphatic heterocycles. The number of hydrazine groups is 1. The molecule has 3 rings (SSSR count). The van der Waals surface area contributed by atoms with E-state index in [1.165, 1.54) is 12.3 Å². The van der Waals surface area contributed by atoms with Crippen LogP contribution in [0.5, 0.6) is 0 Å². The number of aromatic nitrogens is 3. The number of hydrogen-bond acceptors (Lipinski definition) is 4. The number of pyridine rings is 1. The maximum atomic E-state index is 12.1. The number of nitrogens with zero attached hydrogens (tertiary/aromatic N) is 2. The molecule has 2 amide bonds. The second kappa shape index (κ2) is 7.33. The van der Waals surface area contributed by atoms with Crippen molar-refractivity contribution >= 4 is 35.0 Å². The smallest absolute Gasteiger partial charge is 0.272 e. The molecule has 0 saturated heterocycles. The van der Waals surface area contributed by atoms with Gasteiger partial charge in [-0.2, -0.15) is 5.10 Å². The molecule has 1 aromatic carbocycles. The highest BCUT2D eigenvalue weighted by Gasteiger charge is 2.13. The maximum absolute atomic E-state index is 12.1. The molecule has 2 heterocycles. The topological polar surface area (TPSA) is 99.8 Å². The van der Waals surface area contributed by atoms with Crippen LogP contribution in [0.25, 0.3) is 11.3 Å². The van der Waals surface area contributed by atoms with E-state index in [2.05, 4.69) is 26.0 Å². The van der Waals surface area contributed by atoms with Gasteiger partial charge in [0.2, 0.25) is 0 Å². The summed E-state index contributed by atoms with van der Waals surface area (Å²) in [7, 11) is 0. The van der Waals surface area contributed by atoms with Gasteiger partial charge in [0.1, 0.15) is 10.8 Å². The molecule has 0 saturated carbocycles. The van der Waals surface area contributed by atoms with Gasteiger partial charge in [0, 0.05) is 11.8 Å². The SMILES string of the molecule is O=C(NNC(=O)c1cc(-c2ccccc2)n[nH]1)c1cnc(Cl)c(Cl)c1. The summed E-state index contributed by atoms with van der Waals surface area (Å²) in [5.41, 5.74) is 6.39. The number of carbonyl (C=O) groups is 2. The lowest BCUT2D eigenvalue weighted by atomic mass is 10.1. The van der Waals surface area contributed by atoms with Crippen LogP contribution in [0.2, 0.25) is 10.2 Å². The number of aromatic amines is 1. The molecule has 0 fully saturated rings. The first-order valence-electron chi connectivity index (χ1n) is 7.07. The fourth-order valence-corrected chi connectivity index (χ4v) is 2.26. The van der Waals surface area contributed by atoms with Gasteiger partial charge in [-0.15, -0.1) is 0 Å². The summed E-state index contributed by atoms with van der Waals surface area (Å²) in [5.74, 6) is -1.13. The summed E-state index contributed by atoms with van der Waals surface area (Å²) in [6.45, 7) is 0. The molecule has 0 aliphatic carbocycles. The maximum Gasteiger partial charge on any atom is 0.287 e. The van der Waals surface area contributed by atoms with E-state index in [-0.39, 0.29) is 21.4 Å². The fourth-order valence-electron chi connectivity index (χ4n) is 1.99. The van der Waals surface area contributed by atoms with Crippen molar-refractivity contribution in [2.24, 2.45) is 0 Å². The van der Waals surface area contributed by atoms with Crippen LogP contribution in [-0.4, -0.2) is 27.0 Å². The Morgan fingerprint density at radius 1 is 1.00 bits per heavy atom. The third-order valence-electron chi connectivity index (χ3n) is 3.24. The molecule has 7 nitrogen and oxygen atoms in total. The minimum Gasteiger partial charge on any atom is -0.272 e. The van der Waals surface area contributed by atoms with E-state index in [0.717, 1.165) is 5.56 Å². The monoisotopic (exact) mass is 375 g/mol. The molecule has 3 N–H and O–H groups in total. The number of halogens is 2. The van der Waals surface area contributed by atoms with Crippen LogP contribution in [0, 0.1) is 0 Å². The van der Waals surface area contributed by atoms with Gasteiger partial charge in [-0.05, 0) is 12.1 Å². The van der Waals surface area contributed by atoms with E-state index in [9.17, 15) is 9.59 Å². The number of nitrogens with one attached hydrogen (secondary N) is 3. The minimum atomic E-state index is -0.581. The summed E-state index contributed by atoms with van der Waals surface area (Å²) >= 11 is 11.5. The Morgan fingerprint density at radius 3 is 2.44 bits per heavy atom. The molecule has 0 spiro atoms. The third kappa shape index (κ3) is 3.96. The predicted molar refractivity (Wildman–Crippen MR) is 93.2 cm³/mol. The van der Waals surface area contributed by atoms with Gasteiger partial charge in [-0.1, -0.05) is 53.5 Å². The van der Waals surface area contributed by atoms with Crippen molar-refractivity contribution in [2.75, 3.05) is 0 Å². The predicted octanol–water partition coefficient (Wildman–Crippen LogP) is 2.85. The average molecular weight is 376 g/mol. The van der Waals surface area contributed by atoms with Crippen molar-refractivity contribution < 1.29 is 9.59 Å². The largest absolute Gasteiger partial charge is 0.287 e. The first-order chi connectivity index (χ1) is 12.0. The van der Waals surface area contributed by atoms with E-state index >= 15 is 0 Å². The van der Waals surface area contributed by atoms with Crippen LogP contribution < -0.4 is 10.9 Å². The van der Waals surface area contributed by atoms with E-state index in [0.29, 0.717) is 5.69 Å². The second-order valence-electron chi connectivity index (χ2n) is 4.94. The lowest BCUT2D eigenvalue weighted by Gasteiger charge is -2.06. The zero-order valence-electron chi connectivity index (χ0n) is 12.6. The van der Waals surface area contributed by atoms with Crippen molar-refractivity contribution in [3.8, 4) is 11.3 Å². The van der Waals surface area contributed by atoms with Gasteiger partial charge < -0.3 is 0 Å². The zero-order valence-corrected chi connectivity index (χ0v) is 14.1. The van der Waals surface area contributed by atoms with Crippen LogP contribution in [-0.2, 0) is 0 Å². The summed E-state index contributed by atoms with van der Waals surface area (Å²) in [4.78, 5) is 27.8. The molecular formula is C16H11Cl2N5O2. The second-order valence-corrected chi connectivity index (χ2v) is 5.70. The van der Waals surface area contributed by atoms with Gasteiger partial charge in [0.25, 0.3) is 11.8 Å². The van der Waals surface area contributed by atoms with E-state index < -0.39 is 11.8 Å². The van der Waals surface area contributed by atoms with Crippen LogP contribution >= 0.6 is 23.2 Å². The molecule has 0 radical (unpaired) electrons. The highest BCUT2D eigenvalue weighted by atomic mass is 35.5. The number of carbonyl (C=O) groups excluding carboxylic acids is 2. The molecule has 0 unspecified atom stereocenters. The fraction of sp³-hybridized carbons (Fsp3) is 0. The van der Waals surface area contributed by atoms with Gasteiger partial charge in [0.05, 0.1) is 16.3 Å². The van der Waals surface area contributed by atoms with Crippen LogP contribution in [0.1, 0.15) is 20.8 Å². The van der Waals surface area contributed by atoms with Crippen molar-refractivity contribution in [1.29, 1.82) is 0 Å². The molecular weight excluding hydrogens is 365 g/mol. The van der Waals surface area contributed by atoms with Crippen molar-refractivity contribution in [3.05, 3.63) is 70.1 Å². The molecule has 0 atom stereocenters. The minimum absolute atomic E-state index is 0.0909. The number of benzene rings is 1. The Labute approximate surface area is 152 Å². The van der Waals surface area contributed by atoms with Gasteiger partial charge in [0.15, 0.2) is 0 Å². The summed E-state index contributed by atoms with van der Waals surface area (Å²) in [5, 5.41) is 6.92. The number of hydrogen-bond donors (Lipinski definition) is 3. The summed E-state index contributed by atoms with van der Waals surface area (Å²) in [6.07, 6.45) is 1.25. The average Bonchev–Trinajstić information content (AvgIpc) is 3.12. The zero-order chi connectivity index (χ0) is 17.8. The Bertz CT molecular complexity index is 927. The Balaban J connectivity index is 1.64. The van der Waals surface area contributed by atoms with Crippen molar-refractivity contribution in [1.82, 2.24) is 26.0 Å². The highest BCUT2D eigenvalue weighted by molar-refractivity contribution is 6.41. The summed E-state index contributed by atoms with van der Waals surface area (Å²) in [6, 6.07) is 12.3. The number of rotatable bonds is 3. The van der Waals surface area contributed by atoms with Crippen LogP contribution in [0.4, 0.5) is 0 Å². The van der Waals surface area contributed by atoms with Crippen molar-refractivity contribution in [3.63, 3.8) is 0 Å². The van der Waals surface area contributed by atoms with Gasteiger partial charge in [-0.3, -0.25) is 25.5 Å². The quantitative estimate of drug-likeness (QED) is 0.483. The molecule has 25 heavy (non-hydrogen) atoms. The lowest BCUT2D eigenvalue weighted by Crippen LogP contribution is -2.41. The molecule has 2 aromatic heterocycles.